The lowest BCUT2D eigenvalue weighted by Crippen LogP contribution is -2.36. The third-order valence-corrected chi connectivity index (χ3v) is 5.92. The van der Waals surface area contributed by atoms with E-state index in [0.717, 1.165) is 48.3 Å². The summed E-state index contributed by atoms with van der Waals surface area (Å²) in [6.07, 6.45) is 1.72. The van der Waals surface area contributed by atoms with E-state index in [9.17, 15) is 13.9 Å². The Kier molecular flexibility index (Phi) is 8.15. The molecule has 35 heavy (non-hydrogen) atoms. The molecule has 0 amide bonds. The summed E-state index contributed by atoms with van der Waals surface area (Å²) in [5.74, 6) is -0.561. The van der Waals surface area contributed by atoms with Gasteiger partial charge < -0.3 is 14.6 Å². The van der Waals surface area contributed by atoms with Gasteiger partial charge in [-0.25, -0.2) is 13.5 Å². The van der Waals surface area contributed by atoms with Gasteiger partial charge in [0.15, 0.2) is 11.6 Å². The Hall–Kier alpha value is -2.81. The molecule has 0 radical (unpaired) electrons. The predicted molar refractivity (Wildman–Crippen MR) is 130 cm³/mol. The number of rotatable bonds is 12. The molecule has 1 saturated carbocycles. The van der Waals surface area contributed by atoms with Crippen LogP contribution in [0.5, 0.6) is 11.6 Å². The van der Waals surface area contributed by atoms with Gasteiger partial charge in [0.25, 0.3) is 0 Å². The lowest BCUT2D eigenvalue weighted by molar-refractivity contribution is -0.0101. The third-order valence-electron chi connectivity index (χ3n) is 5.92. The fraction of sp³-hybridized carbons (Fsp3) is 0.444. The molecule has 1 fully saturated rings. The first kappa shape index (κ1) is 25.3. The van der Waals surface area contributed by atoms with Crippen LogP contribution in [0, 0.1) is 17.6 Å². The van der Waals surface area contributed by atoms with Gasteiger partial charge in [-0.05, 0) is 44.7 Å². The highest BCUT2D eigenvalue weighted by Gasteiger charge is 2.29. The molecule has 8 heteroatoms. The normalized spacial score (nSPS) is 14.6. The van der Waals surface area contributed by atoms with Gasteiger partial charge in [-0.15, -0.1) is 0 Å². The second-order valence-electron chi connectivity index (χ2n) is 9.47. The van der Waals surface area contributed by atoms with Crippen LogP contribution in [0.2, 0.25) is 0 Å². The quantitative estimate of drug-likeness (QED) is 0.384. The SMILES string of the molecule is CC(C)OCC(O)CN(Cc1c(-c2ccccc2)nn(C)c1Oc1ccc(F)cc1F)CC1CC1. The van der Waals surface area contributed by atoms with Gasteiger partial charge in [0, 0.05) is 38.3 Å². The highest BCUT2D eigenvalue weighted by Crippen LogP contribution is 2.36. The Morgan fingerprint density at radius 2 is 1.89 bits per heavy atom. The molecule has 1 aromatic heterocycles. The molecular formula is C27H33F2N3O3. The van der Waals surface area contributed by atoms with Gasteiger partial charge in [0.2, 0.25) is 5.88 Å². The van der Waals surface area contributed by atoms with Crippen LogP contribution in [-0.4, -0.2) is 51.7 Å². The molecule has 1 heterocycles. The van der Waals surface area contributed by atoms with E-state index in [-0.39, 0.29) is 18.5 Å². The molecule has 6 nitrogen and oxygen atoms in total. The van der Waals surface area contributed by atoms with Crippen LogP contribution in [0.3, 0.4) is 0 Å². The van der Waals surface area contributed by atoms with E-state index in [4.69, 9.17) is 14.6 Å². The summed E-state index contributed by atoms with van der Waals surface area (Å²) >= 11 is 0. The maximum atomic E-state index is 14.4. The Morgan fingerprint density at radius 3 is 2.54 bits per heavy atom. The first-order chi connectivity index (χ1) is 16.8. The number of halogens is 2. The van der Waals surface area contributed by atoms with Crippen LogP contribution < -0.4 is 4.74 Å². The second-order valence-corrected chi connectivity index (χ2v) is 9.47. The molecule has 1 N–H and O–H groups in total. The molecule has 1 atom stereocenters. The third kappa shape index (κ3) is 6.87. The zero-order chi connectivity index (χ0) is 24.9. The number of aromatic nitrogens is 2. The van der Waals surface area contributed by atoms with Crippen LogP contribution in [-0.2, 0) is 18.3 Å². The summed E-state index contributed by atoms with van der Waals surface area (Å²) in [5, 5.41) is 15.3. The molecule has 0 saturated heterocycles. The van der Waals surface area contributed by atoms with E-state index in [2.05, 4.69) is 4.90 Å². The van der Waals surface area contributed by atoms with Crippen LogP contribution in [0.25, 0.3) is 11.3 Å². The number of ether oxygens (including phenoxy) is 2. The number of hydrogen-bond donors (Lipinski definition) is 1. The standard InChI is InChI=1S/C27H33F2N3O3/c1-18(2)34-17-22(33)15-32(14-19-9-10-19)16-23-26(20-7-5-4-6-8-20)30-31(3)27(23)35-25-12-11-21(28)13-24(25)29/h4-8,11-13,18-19,22,33H,9-10,14-17H2,1-3H3. The fourth-order valence-electron chi connectivity index (χ4n) is 4.06. The minimum Gasteiger partial charge on any atom is -0.436 e. The topological polar surface area (TPSA) is 59.8 Å². The maximum absolute atomic E-state index is 14.4. The summed E-state index contributed by atoms with van der Waals surface area (Å²) in [4.78, 5) is 2.18. The first-order valence-electron chi connectivity index (χ1n) is 12.1. The number of hydrogen-bond acceptors (Lipinski definition) is 5. The van der Waals surface area contributed by atoms with E-state index in [1.165, 1.54) is 6.07 Å². The van der Waals surface area contributed by atoms with E-state index in [1.54, 1.807) is 11.7 Å². The van der Waals surface area contributed by atoms with Crippen molar-refractivity contribution in [1.82, 2.24) is 14.7 Å². The zero-order valence-electron chi connectivity index (χ0n) is 20.5. The van der Waals surface area contributed by atoms with Crippen molar-refractivity contribution in [3.63, 3.8) is 0 Å². The van der Waals surface area contributed by atoms with Gasteiger partial charge in [0.05, 0.1) is 24.4 Å². The summed E-state index contributed by atoms with van der Waals surface area (Å²) in [6, 6.07) is 13.0. The molecule has 0 aliphatic heterocycles. The Labute approximate surface area is 205 Å². The van der Waals surface area contributed by atoms with E-state index >= 15 is 0 Å². The largest absolute Gasteiger partial charge is 0.436 e. The van der Waals surface area contributed by atoms with Crippen LogP contribution >= 0.6 is 0 Å². The van der Waals surface area contributed by atoms with Crippen molar-refractivity contribution in [1.29, 1.82) is 0 Å². The lowest BCUT2D eigenvalue weighted by atomic mass is 10.1. The zero-order valence-corrected chi connectivity index (χ0v) is 20.5. The van der Waals surface area contributed by atoms with Gasteiger partial charge in [0.1, 0.15) is 11.5 Å². The van der Waals surface area contributed by atoms with E-state index < -0.39 is 17.7 Å². The van der Waals surface area contributed by atoms with Crippen LogP contribution in [0.4, 0.5) is 8.78 Å². The maximum Gasteiger partial charge on any atom is 0.222 e. The average Bonchev–Trinajstić information content (AvgIpc) is 3.58. The molecule has 1 aliphatic rings. The van der Waals surface area contributed by atoms with Crippen molar-refractivity contribution in [2.24, 2.45) is 13.0 Å². The predicted octanol–water partition coefficient (Wildman–Crippen LogP) is 5.16. The average molecular weight is 486 g/mol. The van der Waals surface area contributed by atoms with Gasteiger partial charge >= 0.3 is 0 Å². The molecule has 1 aliphatic carbocycles. The summed E-state index contributed by atoms with van der Waals surface area (Å²) in [5.41, 5.74) is 2.40. The van der Waals surface area contributed by atoms with Crippen molar-refractivity contribution in [2.45, 2.75) is 45.4 Å². The van der Waals surface area contributed by atoms with Gasteiger partial charge in [-0.3, -0.25) is 4.90 Å². The lowest BCUT2D eigenvalue weighted by Gasteiger charge is -2.26. The molecule has 0 bridgehead atoms. The van der Waals surface area contributed by atoms with E-state index in [1.807, 2.05) is 44.2 Å². The highest BCUT2D eigenvalue weighted by molar-refractivity contribution is 5.65. The van der Waals surface area contributed by atoms with Crippen molar-refractivity contribution in [2.75, 3.05) is 19.7 Å². The smallest absolute Gasteiger partial charge is 0.222 e. The van der Waals surface area contributed by atoms with Crippen molar-refractivity contribution in [3.8, 4) is 22.9 Å². The Bertz CT molecular complexity index is 1120. The van der Waals surface area contributed by atoms with Gasteiger partial charge in [-0.2, -0.15) is 5.10 Å². The Morgan fingerprint density at radius 1 is 1.14 bits per heavy atom. The highest BCUT2D eigenvalue weighted by atomic mass is 19.1. The number of aliphatic hydroxyl groups is 1. The monoisotopic (exact) mass is 485 g/mol. The Balaban J connectivity index is 1.66. The van der Waals surface area contributed by atoms with Crippen molar-refractivity contribution >= 4 is 0 Å². The summed E-state index contributed by atoms with van der Waals surface area (Å²) < 4.78 is 41.1. The van der Waals surface area contributed by atoms with Gasteiger partial charge in [-0.1, -0.05) is 30.3 Å². The first-order valence-corrected chi connectivity index (χ1v) is 12.1. The second kappa shape index (κ2) is 11.3. The fourth-order valence-corrected chi connectivity index (χ4v) is 4.06. The number of benzene rings is 2. The molecule has 3 aromatic rings. The molecular weight excluding hydrogens is 452 g/mol. The summed E-state index contributed by atoms with van der Waals surface area (Å²) in [7, 11) is 1.74. The van der Waals surface area contributed by atoms with Crippen molar-refractivity contribution in [3.05, 3.63) is 65.7 Å². The molecule has 2 aromatic carbocycles. The molecule has 188 valence electrons. The minimum atomic E-state index is -0.783. The minimum absolute atomic E-state index is 0.0372. The van der Waals surface area contributed by atoms with Crippen LogP contribution in [0.15, 0.2) is 48.5 Å². The number of aliphatic hydroxyl groups excluding tert-OH is 1. The van der Waals surface area contributed by atoms with Crippen molar-refractivity contribution < 1.29 is 23.4 Å². The molecule has 0 spiro atoms. The summed E-state index contributed by atoms with van der Waals surface area (Å²) in [6.45, 7) is 5.83. The number of nitrogens with zero attached hydrogens (tertiary/aromatic N) is 3. The molecule has 4 rings (SSSR count). The molecule has 1 unspecified atom stereocenters. The van der Waals surface area contributed by atoms with Crippen LogP contribution in [0.1, 0.15) is 32.3 Å². The van der Waals surface area contributed by atoms with E-state index in [0.29, 0.717) is 24.9 Å². The number of aryl methyl sites for hydroxylation is 1.